The van der Waals surface area contributed by atoms with Gasteiger partial charge in [-0.25, -0.2) is 0 Å². The standard InChI is InChI=1S/C48H60N8/c1-7-43-8-2-38-26-46(43)25-37(1)31-49-13-19-55-20-14-51-33-39-3-9-44-11-5-41(29-47(44)27-39)35-53-17-23-56(22-16-50-32-38)24-18-54-36-42-6-12-45-10-4-40(28-48(45)30-42)34-52-15-21-55/h1-12,25-30,49-54H,13-24,31-36H2. The smallest absolute Gasteiger partial charge is 0.0206 e. The van der Waals surface area contributed by atoms with Crippen molar-refractivity contribution in [3.8, 4) is 0 Å². The summed E-state index contributed by atoms with van der Waals surface area (Å²) in [5.41, 5.74) is 8.01. The molecule has 0 unspecified atom stereocenters. The first-order valence-electron chi connectivity index (χ1n) is 20.9. The second-order valence-electron chi connectivity index (χ2n) is 15.8. The zero-order chi connectivity index (χ0) is 37.8. The fourth-order valence-corrected chi connectivity index (χ4v) is 8.19. The van der Waals surface area contributed by atoms with Gasteiger partial charge >= 0.3 is 0 Å². The first-order valence-corrected chi connectivity index (χ1v) is 20.9. The summed E-state index contributed by atoms with van der Waals surface area (Å²) in [4.78, 5) is 5.18. The maximum absolute atomic E-state index is 3.76. The third-order valence-corrected chi connectivity index (χ3v) is 11.5. The van der Waals surface area contributed by atoms with Gasteiger partial charge in [-0.05, 0) is 102 Å². The van der Waals surface area contributed by atoms with Crippen LogP contribution in [0.1, 0.15) is 33.4 Å². The molecule has 8 heteroatoms. The molecule has 0 saturated heterocycles. The number of hydrogen-bond acceptors (Lipinski definition) is 8. The van der Waals surface area contributed by atoms with Crippen LogP contribution < -0.4 is 31.9 Å². The van der Waals surface area contributed by atoms with Crippen molar-refractivity contribution in [2.45, 2.75) is 39.3 Å². The van der Waals surface area contributed by atoms with Gasteiger partial charge in [0.1, 0.15) is 0 Å². The minimum Gasteiger partial charge on any atom is -0.311 e. The van der Waals surface area contributed by atoms with Gasteiger partial charge < -0.3 is 31.9 Å². The lowest BCUT2D eigenvalue weighted by Crippen LogP contribution is -2.40. The van der Waals surface area contributed by atoms with Crippen molar-refractivity contribution < 1.29 is 0 Å². The molecule has 0 saturated carbocycles. The summed E-state index contributed by atoms with van der Waals surface area (Å²) < 4.78 is 0. The van der Waals surface area contributed by atoms with E-state index in [4.69, 9.17) is 0 Å². The highest BCUT2D eigenvalue weighted by Crippen LogP contribution is 2.21. The Morgan fingerprint density at radius 1 is 0.250 bits per heavy atom. The lowest BCUT2D eigenvalue weighted by Gasteiger charge is -2.23. The van der Waals surface area contributed by atoms with E-state index in [1.54, 1.807) is 0 Å². The third-order valence-electron chi connectivity index (χ3n) is 11.5. The Kier molecular flexibility index (Phi) is 13.6. The van der Waals surface area contributed by atoms with Crippen LogP contribution in [0.15, 0.2) is 109 Å². The van der Waals surface area contributed by atoms with Gasteiger partial charge in [0.15, 0.2) is 0 Å². The molecule has 0 spiro atoms. The van der Waals surface area contributed by atoms with E-state index < -0.39 is 0 Å². The highest BCUT2D eigenvalue weighted by Gasteiger charge is 2.09. The van der Waals surface area contributed by atoms with Crippen molar-refractivity contribution in [1.29, 1.82) is 0 Å². The van der Waals surface area contributed by atoms with Crippen LogP contribution in [0.5, 0.6) is 0 Å². The van der Waals surface area contributed by atoms with Gasteiger partial charge in [0.2, 0.25) is 0 Å². The summed E-state index contributed by atoms with van der Waals surface area (Å²) in [7, 11) is 0. The van der Waals surface area contributed by atoms with Crippen molar-refractivity contribution in [3.05, 3.63) is 143 Å². The van der Waals surface area contributed by atoms with Gasteiger partial charge in [-0.1, -0.05) is 72.8 Å². The van der Waals surface area contributed by atoms with Crippen molar-refractivity contribution in [3.63, 3.8) is 0 Å². The molecule has 0 aromatic heterocycles. The predicted molar refractivity (Wildman–Crippen MR) is 235 cm³/mol. The predicted octanol–water partition coefficient (Wildman–Crippen LogP) is 5.72. The normalized spacial score (nSPS) is 20.6. The largest absolute Gasteiger partial charge is 0.311 e. The van der Waals surface area contributed by atoms with Crippen LogP contribution in [0.25, 0.3) is 32.3 Å². The lowest BCUT2D eigenvalue weighted by atomic mass is 10.0. The number of benzene rings is 6. The van der Waals surface area contributed by atoms with Gasteiger partial charge in [0.05, 0.1) is 0 Å². The quantitative estimate of drug-likeness (QED) is 0.118. The Morgan fingerprint density at radius 2 is 0.446 bits per heavy atom. The van der Waals surface area contributed by atoms with Crippen molar-refractivity contribution in [2.24, 2.45) is 0 Å². The SMILES string of the molecule is c1cc2ccc3cc2cc1CNCCN1CCNCc2ccc4ccc(cc4c2)CNCCN(CCNC3)CCNCc2ccc3ccc(cc3c2)CNCC1. The van der Waals surface area contributed by atoms with Crippen LogP contribution in [0.3, 0.4) is 0 Å². The van der Waals surface area contributed by atoms with E-state index in [0.717, 1.165) is 118 Å². The van der Waals surface area contributed by atoms with Gasteiger partial charge in [-0.2, -0.15) is 0 Å². The van der Waals surface area contributed by atoms with E-state index in [2.05, 4.69) is 151 Å². The fraction of sp³-hybridized carbons (Fsp3) is 0.375. The van der Waals surface area contributed by atoms with E-state index in [1.165, 1.54) is 65.7 Å². The molecule has 9 rings (SSSR count). The minimum atomic E-state index is 0.871. The Labute approximate surface area is 333 Å². The second kappa shape index (κ2) is 19.8. The van der Waals surface area contributed by atoms with E-state index in [0.29, 0.717) is 0 Å². The summed E-state index contributed by atoms with van der Waals surface area (Å²) >= 11 is 0. The molecule has 0 atom stereocenters. The fourth-order valence-electron chi connectivity index (χ4n) is 8.19. The van der Waals surface area contributed by atoms with E-state index in [-0.39, 0.29) is 0 Å². The minimum absolute atomic E-state index is 0.871. The maximum Gasteiger partial charge on any atom is 0.0206 e. The molecule has 3 aliphatic heterocycles. The van der Waals surface area contributed by atoms with Crippen LogP contribution >= 0.6 is 0 Å². The van der Waals surface area contributed by atoms with E-state index in [1.807, 2.05) is 0 Å². The van der Waals surface area contributed by atoms with Crippen LogP contribution in [-0.2, 0) is 39.3 Å². The third kappa shape index (κ3) is 11.0. The summed E-state index contributed by atoms with van der Waals surface area (Å²) in [6, 6.07) is 41.5. The Hall–Kier alpha value is -4.22. The average molecular weight is 749 g/mol. The molecule has 6 N–H and O–H groups in total. The topological polar surface area (TPSA) is 78.7 Å². The number of hydrogen-bond donors (Lipinski definition) is 6. The molecule has 0 aliphatic carbocycles. The summed E-state index contributed by atoms with van der Waals surface area (Å²) in [6.45, 7) is 16.9. The molecule has 11 bridgehead atoms. The van der Waals surface area contributed by atoms with Gasteiger partial charge in [-0.3, -0.25) is 9.80 Å². The first kappa shape index (κ1) is 38.6. The molecular weight excluding hydrogens is 689 g/mol. The second-order valence-corrected chi connectivity index (χ2v) is 15.8. The lowest BCUT2D eigenvalue weighted by molar-refractivity contribution is 0.271. The van der Waals surface area contributed by atoms with Crippen LogP contribution in [0, 0.1) is 0 Å². The molecule has 3 aliphatic rings. The zero-order valence-corrected chi connectivity index (χ0v) is 33.0. The molecule has 6 aromatic rings. The summed E-state index contributed by atoms with van der Waals surface area (Å²) in [5.74, 6) is 0. The average Bonchev–Trinajstić information content (AvgIpc) is 3.22. The van der Waals surface area contributed by atoms with Crippen LogP contribution in [0.2, 0.25) is 0 Å². The van der Waals surface area contributed by atoms with Gasteiger partial charge in [-0.15, -0.1) is 0 Å². The number of nitrogens with one attached hydrogen (secondary N) is 6. The number of fused-ring (bicyclic) bond motifs is 18. The molecular formula is C48H60N8. The molecule has 3 heterocycles. The maximum atomic E-state index is 3.76. The number of rotatable bonds is 0. The first-order chi connectivity index (χ1) is 27.7. The molecule has 6 aromatic carbocycles. The number of nitrogens with zero attached hydrogens (tertiary/aromatic N) is 2. The molecule has 0 fully saturated rings. The Balaban J connectivity index is 1.03. The van der Waals surface area contributed by atoms with Crippen molar-refractivity contribution in [2.75, 3.05) is 78.5 Å². The molecule has 0 amide bonds. The van der Waals surface area contributed by atoms with Crippen molar-refractivity contribution >= 4 is 32.3 Å². The highest BCUT2D eigenvalue weighted by molar-refractivity contribution is 5.85. The Morgan fingerprint density at radius 3 is 0.643 bits per heavy atom. The highest BCUT2D eigenvalue weighted by atomic mass is 15.2. The molecule has 8 nitrogen and oxygen atoms in total. The molecule has 56 heavy (non-hydrogen) atoms. The van der Waals surface area contributed by atoms with Crippen LogP contribution in [-0.4, -0.2) is 88.3 Å². The van der Waals surface area contributed by atoms with E-state index in [9.17, 15) is 0 Å². The van der Waals surface area contributed by atoms with Gasteiger partial charge in [0, 0.05) is 118 Å². The van der Waals surface area contributed by atoms with Crippen LogP contribution in [0.4, 0.5) is 0 Å². The Bertz CT molecular complexity index is 1800. The molecule has 292 valence electrons. The summed E-state index contributed by atoms with van der Waals surface area (Å²) in [5, 5.41) is 30.4. The van der Waals surface area contributed by atoms with Gasteiger partial charge in [0.25, 0.3) is 0 Å². The monoisotopic (exact) mass is 748 g/mol. The summed E-state index contributed by atoms with van der Waals surface area (Å²) in [6.07, 6.45) is 0. The zero-order valence-electron chi connectivity index (χ0n) is 33.0. The van der Waals surface area contributed by atoms with Crippen molar-refractivity contribution in [1.82, 2.24) is 41.7 Å². The molecule has 0 radical (unpaired) electrons. The van der Waals surface area contributed by atoms with E-state index >= 15 is 0 Å².